The molecule has 2 aromatic carbocycles. The number of fused-ring (bicyclic) bond motifs is 1. The molecule has 5 nitrogen and oxygen atoms in total. The van der Waals surface area contributed by atoms with Crippen molar-refractivity contribution < 1.29 is 4.74 Å². The molecule has 1 aliphatic rings. The third-order valence-corrected chi connectivity index (χ3v) is 5.95. The van der Waals surface area contributed by atoms with E-state index >= 15 is 0 Å². The van der Waals surface area contributed by atoms with Gasteiger partial charge in [-0.2, -0.15) is 0 Å². The highest BCUT2D eigenvalue weighted by atomic mass is 16.5. The predicted octanol–water partition coefficient (Wildman–Crippen LogP) is 4.13. The number of aromatic amines is 1. The summed E-state index contributed by atoms with van der Waals surface area (Å²) >= 11 is 0. The van der Waals surface area contributed by atoms with Gasteiger partial charge in [-0.25, -0.2) is 0 Å². The van der Waals surface area contributed by atoms with Gasteiger partial charge >= 0.3 is 0 Å². The number of para-hydroxylation sites is 1. The van der Waals surface area contributed by atoms with Crippen molar-refractivity contribution >= 4 is 16.9 Å². The zero-order valence-electron chi connectivity index (χ0n) is 18.0. The number of hydrogen-bond donors (Lipinski definition) is 2. The number of ether oxygens (including phenoxy) is 1. The lowest BCUT2D eigenvalue weighted by molar-refractivity contribution is 0.0907. The number of H-pyrrole nitrogens is 1. The van der Waals surface area contributed by atoms with Gasteiger partial charge in [0, 0.05) is 49.7 Å². The second kappa shape index (κ2) is 9.81. The molecule has 2 N–H and O–H groups in total. The number of nitrogens with zero attached hydrogens (tertiary/aromatic N) is 2. The second-order valence-electron chi connectivity index (χ2n) is 8.14. The van der Waals surface area contributed by atoms with Gasteiger partial charge in [-0.15, -0.1) is 0 Å². The summed E-state index contributed by atoms with van der Waals surface area (Å²) in [6, 6.07) is 16.9. The molecule has 4 rings (SSSR count). The number of aryl methyl sites for hydroxylation is 1. The van der Waals surface area contributed by atoms with Crippen LogP contribution in [-0.4, -0.2) is 49.1 Å². The van der Waals surface area contributed by atoms with Crippen molar-refractivity contribution in [3.8, 4) is 0 Å². The van der Waals surface area contributed by atoms with Gasteiger partial charge in [0.15, 0.2) is 5.96 Å². The Morgan fingerprint density at radius 1 is 1.20 bits per heavy atom. The van der Waals surface area contributed by atoms with E-state index in [4.69, 9.17) is 4.74 Å². The highest BCUT2D eigenvalue weighted by molar-refractivity contribution is 5.86. The molecule has 0 bridgehead atoms. The minimum Gasteiger partial charge on any atom is -0.376 e. The molecule has 30 heavy (non-hydrogen) atoms. The summed E-state index contributed by atoms with van der Waals surface area (Å²) in [5.41, 5.74) is 5.12. The Balaban J connectivity index is 1.23. The van der Waals surface area contributed by atoms with Crippen molar-refractivity contribution in [1.29, 1.82) is 0 Å². The maximum absolute atomic E-state index is 5.96. The lowest BCUT2D eigenvalue weighted by Gasteiger charge is -2.21. The summed E-state index contributed by atoms with van der Waals surface area (Å²) < 4.78 is 5.96. The van der Waals surface area contributed by atoms with Gasteiger partial charge in [-0.1, -0.05) is 48.5 Å². The van der Waals surface area contributed by atoms with Crippen molar-refractivity contribution in [2.24, 2.45) is 10.9 Å². The van der Waals surface area contributed by atoms with Gasteiger partial charge in [0.25, 0.3) is 0 Å². The molecular formula is C25H32N4O. The Labute approximate surface area is 179 Å². The number of nitrogens with one attached hydrogen (secondary N) is 2. The molecule has 3 aromatic rings. The first-order chi connectivity index (χ1) is 14.7. The van der Waals surface area contributed by atoms with Crippen LogP contribution in [0.4, 0.5) is 0 Å². The van der Waals surface area contributed by atoms with Crippen molar-refractivity contribution in [1.82, 2.24) is 15.2 Å². The molecule has 5 heteroatoms. The average molecular weight is 405 g/mol. The molecule has 1 saturated heterocycles. The van der Waals surface area contributed by atoms with E-state index in [1.165, 1.54) is 27.6 Å². The summed E-state index contributed by atoms with van der Waals surface area (Å²) in [6.45, 7) is 6.55. The number of likely N-dealkylation sites (tertiary alicyclic amines) is 1. The Hall–Kier alpha value is -2.79. The van der Waals surface area contributed by atoms with Crippen LogP contribution in [0.25, 0.3) is 10.9 Å². The number of hydrogen-bond acceptors (Lipinski definition) is 2. The Kier molecular flexibility index (Phi) is 6.70. The summed E-state index contributed by atoms with van der Waals surface area (Å²) in [5, 5.41) is 4.88. The fourth-order valence-corrected chi connectivity index (χ4v) is 4.29. The van der Waals surface area contributed by atoms with Crippen molar-refractivity contribution in [2.45, 2.75) is 26.4 Å². The SMILES string of the molecule is CN=C(NCCc1c[nH]c2c(C)cccc12)N1CCC(COCc2ccccc2)C1. The molecule has 1 atom stereocenters. The van der Waals surface area contributed by atoms with E-state index in [0.717, 1.165) is 45.0 Å². The first-order valence-electron chi connectivity index (χ1n) is 10.9. The van der Waals surface area contributed by atoms with Crippen molar-refractivity contribution in [2.75, 3.05) is 33.3 Å². The lowest BCUT2D eigenvalue weighted by Crippen LogP contribution is -2.41. The first-order valence-corrected chi connectivity index (χ1v) is 10.9. The van der Waals surface area contributed by atoms with Gasteiger partial charge in [0.2, 0.25) is 0 Å². The maximum Gasteiger partial charge on any atom is 0.193 e. The summed E-state index contributed by atoms with van der Waals surface area (Å²) in [6.07, 6.45) is 4.26. The van der Waals surface area contributed by atoms with E-state index in [2.05, 4.69) is 75.8 Å². The smallest absolute Gasteiger partial charge is 0.193 e. The zero-order chi connectivity index (χ0) is 20.8. The number of aromatic nitrogens is 1. The third kappa shape index (κ3) is 4.85. The van der Waals surface area contributed by atoms with Crippen LogP contribution < -0.4 is 5.32 Å². The molecule has 0 radical (unpaired) electrons. The van der Waals surface area contributed by atoms with Crippen LogP contribution in [0.1, 0.15) is 23.1 Å². The summed E-state index contributed by atoms with van der Waals surface area (Å²) in [4.78, 5) is 10.3. The average Bonchev–Trinajstić information content (AvgIpc) is 3.40. The molecule has 0 aliphatic carbocycles. The number of aliphatic imine (C=N–C) groups is 1. The quantitative estimate of drug-likeness (QED) is 0.460. The summed E-state index contributed by atoms with van der Waals surface area (Å²) in [7, 11) is 1.87. The normalized spacial score (nSPS) is 17.1. The lowest BCUT2D eigenvalue weighted by atomic mass is 10.1. The first kappa shape index (κ1) is 20.5. The maximum atomic E-state index is 5.96. The van der Waals surface area contributed by atoms with E-state index < -0.39 is 0 Å². The molecule has 2 heterocycles. The molecule has 0 spiro atoms. The van der Waals surface area contributed by atoms with Crippen molar-refractivity contribution in [3.63, 3.8) is 0 Å². The van der Waals surface area contributed by atoms with Crippen LogP contribution in [0.5, 0.6) is 0 Å². The topological polar surface area (TPSA) is 52.7 Å². The van der Waals surface area contributed by atoms with Gasteiger partial charge in [0.1, 0.15) is 0 Å². The molecule has 1 fully saturated rings. The van der Waals surface area contributed by atoms with Crippen LogP contribution in [0.2, 0.25) is 0 Å². The highest BCUT2D eigenvalue weighted by Crippen LogP contribution is 2.21. The zero-order valence-corrected chi connectivity index (χ0v) is 18.0. The Morgan fingerprint density at radius 2 is 2.07 bits per heavy atom. The molecule has 158 valence electrons. The fraction of sp³-hybridized carbons (Fsp3) is 0.400. The number of guanidine groups is 1. The monoisotopic (exact) mass is 404 g/mol. The second-order valence-corrected chi connectivity index (χ2v) is 8.14. The standard InChI is InChI=1S/C25H32N4O/c1-19-7-6-10-23-22(15-28-24(19)23)11-13-27-25(26-2)29-14-12-21(16-29)18-30-17-20-8-4-3-5-9-20/h3-10,15,21,28H,11-14,16-18H2,1-2H3,(H,26,27). The van der Waals surface area contributed by atoms with E-state index in [0.29, 0.717) is 12.5 Å². The minimum absolute atomic E-state index is 0.559. The Morgan fingerprint density at radius 3 is 2.90 bits per heavy atom. The molecular weight excluding hydrogens is 372 g/mol. The molecule has 1 aliphatic heterocycles. The fourth-order valence-electron chi connectivity index (χ4n) is 4.29. The van der Waals surface area contributed by atoms with Crippen LogP contribution in [0.3, 0.4) is 0 Å². The van der Waals surface area contributed by atoms with Gasteiger partial charge in [-0.05, 0) is 36.5 Å². The van der Waals surface area contributed by atoms with Crippen LogP contribution in [0, 0.1) is 12.8 Å². The van der Waals surface area contributed by atoms with Gasteiger partial charge in [0.05, 0.1) is 13.2 Å². The molecule has 0 amide bonds. The van der Waals surface area contributed by atoms with Crippen molar-refractivity contribution in [3.05, 3.63) is 71.4 Å². The van der Waals surface area contributed by atoms with E-state index in [1.807, 2.05) is 13.1 Å². The van der Waals surface area contributed by atoms with E-state index in [-0.39, 0.29) is 0 Å². The third-order valence-electron chi connectivity index (χ3n) is 5.95. The van der Waals surface area contributed by atoms with Crippen LogP contribution in [0.15, 0.2) is 59.7 Å². The number of benzene rings is 2. The largest absolute Gasteiger partial charge is 0.376 e. The molecule has 1 aromatic heterocycles. The van der Waals surface area contributed by atoms with E-state index in [1.54, 1.807) is 0 Å². The highest BCUT2D eigenvalue weighted by Gasteiger charge is 2.24. The molecule has 1 unspecified atom stereocenters. The van der Waals surface area contributed by atoms with Gasteiger partial charge < -0.3 is 19.9 Å². The minimum atomic E-state index is 0.559. The predicted molar refractivity (Wildman–Crippen MR) is 124 cm³/mol. The van der Waals surface area contributed by atoms with E-state index in [9.17, 15) is 0 Å². The van der Waals surface area contributed by atoms with Crippen LogP contribution in [-0.2, 0) is 17.8 Å². The van der Waals surface area contributed by atoms with Gasteiger partial charge in [-0.3, -0.25) is 4.99 Å². The molecule has 0 saturated carbocycles. The number of rotatable bonds is 7. The van der Waals surface area contributed by atoms with Crippen LogP contribution >= 0.6 is 0 Å². The summed E-state index contributed by atoms with van der Waals surface area (Å²) in [5.74, 6) is 1.56. The Bertz CT molecular complexity index is 979.